The molecule has 0 radical (unpaired) electrons. The van der Waals surface area contributed by atoms with Crippen molar-refractivity contribution in [2.24, 2.45) is 10.8 Å². The topological polar surface area (TPSA) is 12.0 Å². The van der Waals surface area contributed by atoms with Gasteiger partial charge >= 0.3 is 0 Å². The highest BCUT2D eigenvalue weighted by molar-refractivity contribution is 5.27. The van der Waals surface area contributed by atoms with Gasteiger partial charge in [0.1, 0.15) is 0 Å². The molecule has 0 aromatic rings. The second-order valence-electron chi connectivity index (χ2n) is 7.23. The van der Waals surface area contributed by atoms with Crippen LogP contribution in [0.1, 0.15) is 66.7 Å². The van der Waals surface area contributed by atoms with Crippen LogP contribution in [0.15, 0.2) is 36.5 Å². The van der Waals surface area contributed by atoms with Crippen LogP contribution in [0.2, 0.25) is 0 Å². The highest BCUT2D eigenvalue weighted by Crippen LogP contribution is 2.54. The van der Waals surface area contributed by atoms with Gasteiger partial charge in [-0.05, 0) is 56.9 Å². The summed E-state index contributed by atoms with van der Waals surface area (Å²) in [4.78, 5) is 0. The zero-order valence-electron chi connectivity index (χ0n) is 15.1. The minimum Gasteiger partial charge on any atom is -0.311 e. The second-order valence-corrected chi connectivity index (χ2v) is 7.23. The predicted molar refractivity (Wildman–Crippen MR) is 95.5 cm³/mol. The zero-order valence-corrected chi connectivity index (χ0v) is 15.1. The van der Waals surface area contributed by atoms with Crippen molar-refractivity contribution in [1.29, 1.82) is 0 Å². The van der Waals surface area contributed by atoms with Gasteiger partial charge in [0, 0.05) is 5.54 Å². The summed E-state index contributed by atoms with van der Waals surface area (Å²) in [6, 6.07) is 0. The fraction of sp³-hybridized carbons (Fsp3) is 0.700. The van der Waals surface area contributed by atoms with Crippen molar-refractivity contribution in [3.8, 4) is 0 Å². The zero-order chi connectivity index (χ0) is 16.1. The maximum absolute atomic E-state index is 3.97. The molecule has 0 heterocycles. The summed E-state index contributed by atoms with van der Waals surface area (Å²) in [5.74, 6) is 0. The van der Waals surface area contributed by atoms with E-state index >= 15 is 0 Å². The lowest BCUT2D eigenvalue weighted by atomic mass is 9.55. The van der Waals surface area contributed by atoms with Gasteiger partial charge in [0.15, 0.2) is 0 Å². The van der Waals surface area contributed by atoms with Crippen molar-refractivity contribution in [1.82, 2.24) is 5.32 Å². The molecule has 1 nitrogen and oxygen atoms in total. The third kappa shape index (κ3) is 3.51. The molecule has 0 aromatic carbocycles. The van der Waals surface area contributed by atoms with Crippen LogP contribution in [0.5, 0.6) is 0 Å². The minimum atomic E-state index is 0.154. The third-order valence-electron chi connectivity index (χ3n) is 6.04. The molecule has 0 saturated carbocycles. The number of hydrogen-bond acceptors (Lipinski definition) is 1. The van der Waals surface area contributed by atoms with Crippen molar-refractivity contribution in [3.05, 3.63) is 36.5 Å². The molecular formula is C20H35N. The Morgan fingerprint density at radius 1 is 1.29 bits per heavy atom. The summed E-state index contributed by atoms with van der Waals surface area (Å²) in [6.45, 7) is 15.7. The molecule has 1 aliphatic carbocycles. The smallest absolute Gasteiger partial charge is 0.0333 e. The first kappa shape index (κ1) is 18.2. The number of allylic oxidation sites excluding steroid dienone is 4. The van der Waals surface area contributed by atoms with Gasteiger partial charge in [0.2, 0.25) is 0 Å². The van der Waals surface area contributed by atoms with Gasteiger partial charge in [0.05, 0.1) is 0 Å². The molecule has 1 unspecified atom stereocenters. The minimum absolute atomic E-state index is 0.154. The number of hydrogen-bond donors (Lipinski definition) is 1. The fourth-order valence-corrected chi connectivity index (χ4v) is 3.66. The molecule has 0 amide bonds. The molecule has 21 heavy (non-hydrogen) atoms. The molecule has 0 spiro atoms. The standard InChI is InChI=1S/C20H35N/c1-8-11-17(12-9-2)20(6,10-3)18(4)13-15-19(5,21-7)16-14-18/h8,12-13,15,21H,1,9-11,14,16H2,2-7H3/b17-12-/t18-,19+,20?/m0/s1. The van der Waals surface area contributed by atoms with Crippen molar-refractivity contribution in [2.75, 3.05) is 7.05 Å². The lowest BCUT2D eigenvalue weighted by Crippen LogP contribution is -2.46. The van der Waals surface area contributed by atoms with Crippen molar-refractivity contribution in [3.63, 3.8) is 0 Å². The van der Waals surface area contributed by atoms with Gasteiger partial charge in [-0.1, -0.05) is 57.6 Å². The normalized spacial score (nSPS) is 32.8. The van der Waals surface area contributed by atoms with E-state index in [1.54, 1.807) is 5.57 Å². The van der Waals surface area contributed by atoms with Crippen LogP contribution in [-0.2, 0) is 0 Å². The maximum atomic E-state index is 3.97. The van der Waals surface area contributed by atoms with E-state index in [9.17, 15) is 0 Å². The molecule has 1 N–H and O–H groups in total. The van der Waals surface area contributed by atoms with Gasteiger partial charge < -0.3 is 5.32 Å². The van der Waals surface area contributed by atoms with Crippen LogP contribution in [0.4, 0.5) is 0 Å². The highest BCUT2D eigenvalue weighted by Gasteiger charge is 2.46. The van der Waals surface area contributed by atoms with Gasteiger partial charge in [-0.2, -0.15) is 0 Å². The van der Waals surface area contributed by atoms with Crippen LogP contribution in [-0.4, -0.2) is 12.6 Å². The van der Waals surface area contributed by atoms with Crippen molar-refractivity contribution >= 4 is 0 Å². The molecule has 1 aliphatic rings. The Hall–Kier alpha value is -0.820. The molecule has 0 bridgehead atoms. The lowest BCUT2D eigenvalue weighted by molar-refractivity contribution is 0.120. The van der Waals surface area contributed by atoms with Crippen LogP contribution in [0.25, 0.3) is 0 Å². The molecule has 1 heteroatoms. The summed E-state index contributed by atoms with van der Waals surface area (Å²) in [6.07, 6.45) is 15.1. The second kappa shape index (κ2) is 6.96. The molecule has 0 aliphatic heterocycles. The van der Waals surface area contributed by atoms with Gasteiger partial charge in [0.25, 0.3) is 0 Å². The number of nitrogens with one attached hydrogen (secondary N) is 1. The monoisotopic (exact) mass is 289 g/mol. The van der Waals surface area contributed by atoms with Crippen molar-refractivity contribution < 1.29 is 0 Å². The summed E-state index contributed by atoms with van der Waals surface area (Å²) in [5.41, 5.74) is 2.15. The van der Waals surface area contributed by atoms with Crippen LogP contribution < -0.4 is 5.32 Å². The number of rotatable bonds is 7. The van der Waals surface area contributed by atoms with Crippen LogP contribution in [0.3, 0.4) is 0 Å². The Morgan fingerprint density at radius 2 is 1.95 bits per heavy atom. The maximum Gasteiger partial charge on any atom is 0.0333 e. The number of likely N-dealkylation sites (N-methyl/N-ethyl adjacent to an activating group) is 1. The average molecular weight is 290 g/mol. The Morgan fingerprint density at radius 3 is 2.33 bits per heavy atom. The first-order chi connectivity index (χ1) is 9.80. The predicted octanol–water partition coefficient (Wildman–Crippen LogP) is 5.65. The molecule has 0 saturated heterocycles. The SMILES string of the molecule is C=CC/C(=C/CC)C(C)(CC)[C@@]1(C)C=C[C@@](C)(NC)CC1. The first-order valence-corrected chi connectivity index (χ1v) is 8.50. The highest BCUT2D eigenvalue weighted by atomic mass is 14.9. The quantitative estimate of drug-likeness (QED) is 0.597. The van der Waals surface area contributed by atoms with E-state index in [1.807, 2.05) is 0 Å². The molecule has 0 fully saturated rings. The van der Waals surface area contributed by atoms with E-state index < -0.39 is 0 Å². The third-order valence-corrected chi connectivity index (χ3v) is 6.04. The molecular weight excluding hydrogens is 254 g/mol. The van der Waals surface area contributed by atoms with Gasteiger partial charge in [-0.25, -0.2) is 0 Å². The molecule has 3 atom stereocenters. The van der Waals surface area contributed by atoms with E-state index in [1.165, 1.54) is 19.3 Å². The summed E-state index contributed by atoms with van der Waals surface area (Å²) in [7, 11) is 2.06. The average Bonchev–Trinajstić information content (AvgIpc) is 2.49. The van der Waals surface area contributed by atoms with Crippen LogP contribution >= 0.6 is 0 Å². The molecule has 1 rings (SSSR count). The van der Waals surface area contributed by atoms with E-state index in [2.05, 4.69) is 77.9 Å². The lowest BCUT2D eigenvalue weighted by Gasteiger charge is -2.50. The molecule has 120 valence electrons. The molecule has 0 aromatic heterocycles. The van der Waals surface area contributed by atoms with E-state index in [-0.39, 0.29) is 16.4 Å². The summed E-state index contributed by atoms with van der Waals surface area (Å²) >= 11 is 0. The Kier molecular flexibility index (Phi) is 6.04. The fourth-order valence-electron chi connectivity index (χ4n) is 3.66. The Bertz CT molecular complexity index is 420. The van der Waals surface area contributed by atoms with E-state index in [0.717, 1.165) is 12.8 Å². The van der Waals surface area contributed by atoms with Crippen molar-refractivity contribution in [2.45, 2.75) is 72.3 Å². The first-order valence-electron chi connectivity index (χ1n) is 8.50. The van der Waals surface area contributed by atoms with Crippen LogP contribution in [0, 0.1) is 10.8 Å². The Balaban J connectivity index is 3.21. The largest absolute Gasteiger partial charge is 0.311 e. The van der Waals surface area contributed by atoms with E-state index in [4.69, 9.17) is 0 Å². The van der Waals surface area contributed by atoms with Gasteiger partial charge in [-0.15, -0.1) is 6.58 Å². The van der Waals surface area contributed by atoms with E-state index in [0.29, 0.717) is 0 Å². The Labute approximate surface area is 132 Å². The summed E-state index contributed by atoms with van der Waals surface area (Å²) in [5, 5.41) is 3.45. The summed E-state index contributed by atoms with van der Waals surface area (Å²) < 4.78 is 0. The van der Waals surface area contributed by atoms with Gasteiger partial charge in [-0.3, -0.25) is 0 Å².